The van der Waals surface area contributed by atoms with Crippen LogP contribution in [0.3, 0.4) is 0 Å². The summed E-state index contributed by atoms with van der Waals surface area (Å²) in [5.74, 6) is 0.958. The Labute approximate surface area is 184 Å². The van der Waals surface area contributed by atoms with Crippen molar-refractivity contribution < 1.29 is 19.1 Å². The van der Waals surface area contributed by atoms with E-state index in [0.29, 0.717) is 23.6 Å². The average molecular weight is 476 g/mol. The molecule has 1 saturated heterocycles. The molecule has 0 spiro atoms. The number of anilines is 1. The van der Waals surface area contributed by atoms with Crippen LogP contribution in [0.2, 0.25) is 0 Å². The van der Waals surface area contributed by atoms with E-state index >= 15 is 0 Å². The quantitative estimate of drug-likeness (QED) is 0.641. The van der Waals surface area contributed by atoms with Crippen molar-refractivity contribution in [3.05, 3.63) is 52.5 Å². The van der Waals surface area contributed by atoms with E-state index in [0.717, 1.165) is 36.1 Å². The van der Waals surface area contributed by atoms with Gasteiger partial charge < -0.3 is 20.1 Å². The van der Waals surface area contributed by atoms with Gasteiger partial charge in [0.15, 0.2) is 0 Å². The van der Waals surface area contributed by atoms with Crippen LogP contribution in [0.25, 0.3) is 0 Å². The number of nitrogens with one attached hydrogen (secondary N) is 2. The Balaban J connectivity index is 1.46. The Hall–Kier alpha value is -2.58. The lowest BCUT2D eigenvalue weighted by molar-refractivity contribution is -0.117. The Bertz CT molecular complexity index is 858. The molecule has 8 heteroatoms. The zero-order chi connectivity index (χ0) is 21.5. The second-order valence-electron chi connectivity index (χ2n) is 7.18. The monoisotopic (exact) mass is 475 g/mol. The van der Waals surface area contributed by atoms with E-state index in [1.165, 1.54) is 0 Å². The average Bonchev–Trinajstić information content (AvgIpc) is 2.76. The van der Waals surface area contributed by atoms with Gasteiger partial charge in [-0.15, -0.1) is 0 Å². The number of piperidine rings is 1. The van der Waals surface area contributed by atoms with E-state index in [9.17, 15) is 9.59 Å². The van der Waals surface area contributed by atoms with Crippen molar-refractivity contribution in [2.75, 3.05) is 39.2 Å². The fourth-order valence-electron chi connectivity index (χ4n) is 3.38. The largest absolute Gasteiger partial charge is 0.497 e. The van der Waals surface area contributed by atoms with Gasteiger partial charge in [-0.25, -0.2) is 0 Å². The minimum atomic E-state index is -0.154. The predicted octanol–water partition coefficient (Wildman–Crippen LogP) is 3.30. The van der Waals surface area contributed by atoms with Crippen LogP contribution in [0.15, 0.2) is 46.9 Å². The summed E-state index contributed by atoms with van der Waals surface area (Å²) >= 11 is 3.38. The molecule has 0 bridgehead atoms. The molecule has 2 N–H and O–H groups in total. The molecule has 0 saturated carbocycles. The van der Waals surface area contributed by atoms with E-state index in [1.807, 2.05) is 24.3 Å². The third-order valence-corrected chi connectivity index (χ3v) is 5.56. The van der Waals surface area contributed by atoms with Crippen molar-refractivity contribution >= 4 is 33.4 Å². The number of methoxy groups -OCH3 is 2. The number of amides is 2. The van der Waals surface area contributed by atoms with Crippen LogP contribution in [0, 0.1) is 0 Å². The van der Waals surface area contributed by atoms with Crippen molar-refractivity contribution in [3.8, 4) is 11.5 Å². The predicted molar refractivity (Wildman–Crippen MR) is 119 cm³/mol. The SMILES string of the molecule is COc1cc(OC)cc(C(=O)NC2CCN(CC(=O)Nc3ccc(Br)cc3)CC2)c1. The molecule has 2 aromatic carbocycles. The molecule has 0 atom stereocenters. The first-order valence-electron chi connectivity index (χ1n) is 9.78. The Morgan fingerprint density at radius 2 is 1.63 bits per heavy atom. The van der Waals surface area contributed by atoms with Gasteiger partial charge in [-0.05, 0) is 49.2 Å². The van der Waals surface area contributed by atoms with Gasteiger partial charge in [0.05, 0.1) is 20.8 Å². The molecule has 3 rings (SSSR count). The molecule has 0 aromatic heterocycles. The van der Waals surface area contributed by atoms with Gasteiger partial charge >= 0.3 is 0 Å². The van der Waals surface area contributed by atoms with Crippen LogP contribution >= 0.6 is 15.9 Å². The van der Waals surface area contributed by atoms with Crippen molar-refractivity contribution in [1.29, 1.82) is 0 Å². The van der Waals surface area contributed by atoms with Crippen molar-refractivity contribution in [3.63, 3.8) is 0 Å². The highest BCUT2D eigenvalue weighted by molar-refractivity contribution is 9.10. The number of rotatable bonds is 7. The molecule has 1 fully saturated rings. The van der Waals surface area contributed by atoms with Gasteiger partial charge in [0.25, 0.3) is 5.91 Å². The molecule has 2 aromatic rings. The summed E-state index contributed by atoms with van der Waals surface area (Å²) in [5, 5.41) is 5.98. The summed E-state index contributed by atoms with van der Waals surface area (Å²) in [6, 6.07) is 12.7. The number of ether oxygens (including phenoxy) is 2. The summed E-state index contributed by atoms with van der Waals surface area (Å²) in [6.07, 6.45) is 1.58. The lowest BCUT2D eigenvalue weighted by Gasteiger charge is -2.31. The highest BCUT2D eigenvalue weighted by atomic mass is 79.9. The van der Waals surface area contributed by atoms with Gasteiger partial charge in [0.1, 0.15) is 11.5 Å². The number of hydrogen-bond acceptors (Lipinski definition) is 5. The first-order valence-corrected chi connectivity index (χ1v) is 10.6. The molecule has 1 aliphatic rings. The van der Waals surface area contributed by atoms with Gasteiger partial charge in [-0.1, -0.05) is 15.9 Å². The normalized spacial score (nSPS) is 14.8. The number of halogens is 1. The minimum Gasteiger partial charge on any atom is -0.497 e. The van der Waals surface area contributed by atoms with E-state index < -0.39 is 0 Å². The maximum atomic E-state index is 12.6. The molecule has 160 valence electrons. The molecular formula is C22H26BrN3O4. The first kappa shape index (κ1) is 22.1. The highest BCUT2D eigenvalue weighted by Crippen LogP contribution is 2.23. The van der Waals surface area contributed by atoms with Crippen LogP contribution in [-0.2, 0) is 4.79 Å². The maximum Gasteiger partial charge on any atom is 0.251 e. The third-order valence-electron chi connectivity index (χ3n) is 5.03. The summed E-state index contributed by atoms with van der Waals surface area (Å²) in [5.41, 5.74) is 1.28. The van der Waals surface area contributed by atoms with Crippen LogP contribution in [-0.4, -0.2) is 56.6 Å². The molecule has 0 radical (unpaired) electrons. The fraction of sp³-hybridized carbons (Fsp3) is 0.364. The lowest BCUT2D eigenvalue weighted by atomic mass is 10.0. The smallest absolute Gasteiger partial charge is 0.251 e. The minimum absolute atomic E-state index is 0.0386. The first-order chi connectivity index (χ1) is 14.5. The van der Waals surface area contributed by atoms with Gasteiger partial charge in [0, 0.05) is 40.9 Å². The van der Waals surface area contributed by atoms with Crippen LogP contribution < -0.4 is 20.1 Å². The van der Waals surface area contributed by atoms with E-state index in [4.69, 9.17) is 9.47 Å². The van der Waals surface area contributed by atoms with Crippen molar-refractivity contribution in [2.45, 2.75) is 18.9 Å². The van der Waals surface area contributed by atoms with E-state index in [1.54, 1.807) is 32.4 Å². The molecule has 2 amide bonds. The van der Waals surface area contributed by atoms with Crippen LogP contribution in [0.5, 0.6) is 11.5 Å². The topological polar surface area (TPSA) is 79.9 Å². The van der Waals surface area contributed by atoms with E-state index in [-0.39, 0.29) is 17.9 Å². The highest BCUT2D eigenvalue weighted by Gasteiger charge is 2.23. The Morgan fingerprint density at radius 3 is 2.20 bits per heavy atom. The second kappa shape index (κ2) is 10.4. The number of hydrogen-bond donors (Lipinski definition) is 2. The number of benzene rings is 2. The second-order valence-corrected chi connectivity index (χ2v) is 8.10. The standard InChI is InChI=1S/C22H26BrN3O4/c1-29-19-11-15(12-20(13-19)30-2)22(28)25-18-7-9-26(10-8-18)14-21(27)24-17-5-3-16(23)4-6-17/h3-6,11-13,18H,7-10,14H2,1-2H3,(H,24,27)(H,25,28). The summed E-state index contributed by atoms with van der Waals surface area (Å²) in [7, 11) is 3.11. The number of likely N-dealkylation sites (tertiary alicyclic amines) is 1. The van der Waals surface area contributed by atoms with Crippen molar-refractivity contribution in [2.24, 2.45) is 0 Å². The Morgan fingerprint density at radius 1 is 1.03 bits per heavy atom. The van der Waals surface area contributed by atoms with Gasteiger partial charge in [-0.2, -0.15) is 0 Å². The number of nitrogens with zero attached hydrogens (tertiary/aromatic N) is 1. The molecule has 1 heterocycles. The van der Waals surface area contributed by atoms with E-state index in [2.05, 4.69) is 31.5 Å². The van der Waals surface area contributed by atoms with Crippen molar-refractivity contribution in [1.82, 2.24) is 10.2 Å². The van der Waals surface area contributed by atoms with Gasteiger partial charge in [-0.3, -0.25) is 14.5 Å². The number of carbonyl (C=O) groups excluding carboxylic acids is 2. The lowest BCUT2D eigenvalue weighted by Crippen LogP contribution is -2.46. The molecule has 30 heavy (non-hydrogen) atoms. The number of carbonyl (C=O) groups is 2. The molecule has 0 unspecified atom stereocenters. The molecule has 1 aliphatic heterocycles. The molecule has 0 aliphatic carbocycles. The van der Waals surface area contributed by atoms with Crippen LogP contribution in [0.1, 0.15) is 23.2 Å². The Kier molecular flexibility index (Phi) is 7.70. The zero-order valence-electron chi connectivity index (χ0n) is 17.1. The molecule has 7 nitrogen and oxygen atoms in total. The summed E-state index contributed by atoms with van der Waals surface area (Å²) in [4.78, 5) is 27.0. The summed E-state index contributed by atoms with van der Waals surface area (Å²) < 4.78 is 11.4. The summed E-state index contributed by atoms with van der Waals surface area (Å²) in [6.45, 7) is 1.84. The third kappa shape index (κ3) is 6.21. The van der Waals surface area contributed by atoms with Gasteiger partial charge in [0.2, 0.25) is 5.91 Å². The molecular weight excluding hydrogens is 450 g/mol. The van der Waals surface area contributed by atoms with Crippen LogP contribution in [0.4, 0.5) is 5.69 Å². The maximum absolute atomic E-state index is 12.6. The zero-order valence-corrected chi connectivity index (χ0v) is 18.7. The fourth-order valence-corrected chi connectivity index (χ4v) is 3.64.